The minimum Gasteiger partial charge on any atom is -0.387 e. The third-order valence-corrected chi connectivity index (χ3v) is 4.87. The van der Waals surface area contributed by atoms with Gasteiger partial charge in [-0.25, -0.2) is 18.1 Å². The first-order valence-corrected chi connectivity index (χ1v) is 8.14. The zero-order valence-electron chi connectivity index (χ0n) is 10.9. The molecule has 0 radical (unpaired) electrons. The predicted octanol–water partition coefficient (Wildman–Crippen LogP) is 1.57. The van der Waals surface area contributed by atoms with Crippen molar-refractivity contribution in [1.82, 2.24) is 9.71 Å². The van der Waals surface area contributed by atoms with Gasteiger partial charge >= 0.3 is 0 Å². The second-order valence-corrected chi connectivity index (χ2v) is 6.65. The van der Waals surface area contributed by atoms with E-state index in [0.29, 0.717) is 5.01 Å². The Kier molecular flexibility index (Phi) is 4.50. The van der Waals surface area contributed by atoms with Crippen LogP contribution in [0.2, 0.25) is 0 Å². The maximum atomic E-state index is 12.2. The van der Waals surface area contributed by atoms with Crippen LogP contribution < -0.4 is 10.0 Å². The fourth-order valence-electron chi connectivity index (χ4n) is 1.64. The molecule has 1 aromatic carbocycles. The number of nitrogens with zero attached hydrogens (tertiary/aromatic N) is 2. The Morgan fingerprint density at radius 2 is 2.19 bits per heavy atom. The number of aromatic nitrogens is 1. The molecule has 0 unspecified atom stereocenters. The van der Waals surface area contributed by atoms with E-state index in [1.165, 1.54) is 30.5 Å². The molecule has 8 nitrogen and oxygen atoms in total. The minimum atomic E-state index is -3.79. The predicted molar refractivity (Wildman–Crippen MR) is 78.8 cm³/mol. The third-order valence-electron chi connectivity index (χ3n) is 2.63. The van der Waals surface area contributed by atoms with Crippen molar-refractivity contribution in [3.63, 3.8) is 0 Å². The lowest BCUT2D eigenvalue weighted by Gasteiger charge is -2.10. The Bertz CT molecular complexity index is 744. The summed E-state index contributed by atoms with van der Waals surface area (Å²) in [5.74, 6) is 0. The molecule has 2 N–H and O–H groups in total. The molecule has 0 atom stereocenters. The maximum Gasteiger partial charge on any atom is 0.271 e. The molecule has 0 saturated carbocycles. The topological polar surface area (TPSA) is 114 Å². The third kappa shape index (κ3) is 3.54. The highest BCUT2D eigenvalue weighted by atomic mass is 32.2. The van der Waals surface area contributed by atoms with Crippen LogP contribution in [-0.2, 0) is 16.6 Å². The number of benzene rings is 1. The van der Waals surface area contributed by atoms with E-state index in [0.717, 1.165) is 6.07 Å². The number of sulfonamides is 1. The molecule has 0 aliphatic carbocycles. The van der Waals surface area contributed by atoms with E-state index in [2.05, 4.69) is 15.0 Å². The second-order valence-electron chi connectivity index (χ2n) is 3.94. The summed E-state index contributed by atoms with van der Waals surface area (Å²) in [6.45, 7) is 0.0696. The molecule has 10 heteroatoms. The lowest BCUT2D eigenvalue weighted by molar-refractivity contribution is -0.384. The second kappa shape index (κ2) is 6.16. The summed E-state index contributed by atoms with van der Waals surface area (Å²) in [7, 11) is -2.29. The fraction of sp³-hybridized carbons (Fsp3) is 0.182. The highest BCUT2D eigenvalue weighted by Gasteiger charge is 2.21. The van der Waals surface area contributed by atoms with Crippen LogP contribution >= 0.6 is 11.3 Å². The van der Waals surface area contributed by atoms with Gasteiger partial charge in [0, 0.05) is 30.8 Å². The van der Waals surface area contributed by atoms with Gasteiger partial charge in [0.05, 0.1) is 17.2 Å². The van der Waals surface area contributed by atoms with Gasteiger partial charge < -0.3 is 5.32 Å². The number of anilines is 1. The van der Waals surface area contributed by atoms with Crippen LogP contribution in [0.5, 0.6) is 0 Å². The van der Waals surface area contributed by atoms with Gasteiger partial charge in [-0.3, -0.25) is 10.1 Å². The van der Waals surface area contributed by atoms with Crippen LogP contribution in [0.3, 0.4) is 0 Å². The monoisotopic (exact) mass is 328 g/mol. The SMILES string of the molecule is CNc1cc([N+](=O)[O-])ccc1S(=O)(=O)NCc1nccs1. The molecular formula is C11H12N4O4S2. The van der Waals surface area contributed by atoms with Crippen LogP contribution in [0.1, 0.15) is 5.01 Å². The summed E-state index contributed by atoms with van der Waals surface area (Å²) in [5.41, 5.74) is -0.0194. The van der Waals surface area contributed by atoms with E-state index < -0.39 is 14.9 Å². The summed E-state index contributed by atoms with van der Waals surface area (Å²) in [4.78, 5) is 14.1. The number of non-ortho nitro benzene ring substituents is 1. The average molecular weight is 328 g/mol. The van der Waals surface area contributed by atoms with Crippen LogP contribution in [0.25, 0.3) is 0 Å². The minimum absolute atomic E-state index is 0.0489. The van der Waals surface area contributed by atoms with Gasteiger partial charge in [-0.15, -0.1) is 11.3 Å². The van der Waals surface area contributed by atoms with E-state index in [1.54, 1.807) is 11.6 Å². The van der Waals surface area contributed by atoms with Crippen molar-refractivity contribution in [2.24, 2.45) is 0 Å². The van der Waals surface area contributed by atoms with E-state index >= 15 is 0 Å². The zero-order valence-corrected chi connectivity index (χ0v) is 12.6. The normalized spacial score (nSPS) is 11.3. The molecule has 21 heavy (non-hydrogen) atoms. The van der Waals surface area contributed by atoms with Crippen molar-refractivity contribution in [2.45, 2.75) is 11.4 Å². The number of rotatable bonds is 6. The van der Waals surface area contributed by atoms with Crippen molar-refractivity contribution < 1.29 is 13.3 Å². The number of nitro benzene ring substituents is 1. The van der Waals surface area contributed by atoms with Crippen molar-refractivity contribution in [1.29, 1.82) is 0 Å². The van der Waals surface area contributed by atoms with Gasteiger partial charge in [-0.2, -0.15) is 0 Å². The van der Waals surface area contributed by atoms with Crippen molar-refractivity contribution in [3.05, 3.63) is 44.9 Å². The summed E-state index contributed by atoms with van der Waals surface area (Å²) < 4.78 is 26.9. The van der Waals surface area contributed by atoms with Crippen molar-refractivity contribution in [3.8, 4) is 0 Å². The van der Waals surface area contributed by atoms with Crippen LogP contribution in [0.15, 0.2) is 34.7 Å². The summed E-state index contributed by atoms with van der Waals surface area (Å²) >= 11 is 1.33. The molecular weight excluding hydrogens is 316 g/mol. The smallest absolute Gasteiger partial charge is 0.271 e. The molecule has 0 spiro atoms. The Morgan fingerprint density at radius 1 is 1.43 bits per heavy atom. The van der Waals surface area contributed by atoms with E-state index in [4.69, 9.17) is 0 Å². The first-order valence-electron chi connectivity index (χ1n) is 5.78. The largest absolute Gasteiger partial charge is 0.387 e. The standard InChI is InChI=1S/C11H12N4O4S2/c1-12-9-6-8(15(16)17)2-3-10(9)21(18,19)14-7-11-13-4-5-20-11/h2-6,12,14H,7H2,1H3. The zero-order chi connectivity index (χ0) is 15.5. The lowest BCUT2D eigenvalue weighted by atomic mass is 10.3. The Hall–Kier alpha value is -2.04. The van der Waals surface area contributed by atoms with Gasteiger partial charge in [-0.1, -0.05) is 0 Å². The Morgan fingerprint density at radius 3 is 2.76 bits per heavy atom. The van der Waals surface area contributed by atoms with Crippen LogP contribution in [0.4, 0.5) is 11.4 Å². The molecule has 0 fully saturated rings. The van der Waals surface area contributed by atoms with Gasteiger partial charge in [0.15, 0.2) is 0 Å². The first-order chi connectivity index (χ1) is 9.94. The van der Waals surface area contributed by atoms with Crippen LogP contribution in [-0.4, -0.2) is 25.4 Å². The molecule has 0 bridgehead atoms. The molecule has 0 aliphatic heterocycles. The molecule has 0 amide bonds. The average Bonchev–Trinajstić information content (AvgIpc) is 2.97. The van der Waals surface area contributed by atoms with E-state index in [-0.39, 0.29) is 22.8 Å². The first kappa shape index (κ1) is 15.4. The highest BCUT2D eigenvalue weighted by molar-refractivity contribution is 7.89. The molecule has 1 aromatic heterocycles. The molecule has 2 aromatic rings. The molecule has 1 heterocycles. The Balaban J connectivity index is 2.28. The lowest BCUT2D eigenvalue weighted by Crippen LogP contribution is -2.24. The van der Waals surface area contributed by atoms with Gasteiger partial charge in [0.1, 0.15) is 9.90 Å². The number of thiazole rings is 1. The van der Waals surface area contributed by atoms with Gasteiger partial charge in [-0.05, 0) is 6.07 Å². The molecule has 2 rings (SSSR count). The van der Waals surface area contributed by atoms with Crippen molar-refractivity contribution in [2.75, 3.05) is 12.4 Å². The molecule has 0 saturated heterocycles. The summed E-state index contributed by atoms with van der Waals surface area (Å²) in [6, 6.07) is 3.53. The van der Waals surface area contributed by atoms with E-state index in [9.17, 15) is 18.5 Å². The van der Waals surface area contributed by atoms with Crippen LogP contribution in [0, 0.1) is 10.1 Å². The number of hydrogen-bond donors (Lipinski definition) is 2. The Labute approximate surface area is 125 Å². The maximum absolute atomic E-state index is 12.2. The quantitative estimate of drug-likeness (QED) is 0.614. The molecule has 112 valence electrons. The highest BCUT2D eigenvalue weighted by Crippen LogP contribution is 2.26. The van der Waals surface area contributed by atoms with Gasteiger partial charge in [0.2, 0.25) is 10.0 Å². The van der Waals surface area contributed by atoms with Crippen molar-refractivity contribution >= 4 is 32.7 Å². The number of nitro groups is 1. The number of nitrogens with one attached hydrogen (secondary N) is 2. The van der Waals surface area contributed by atoms with Gasteiger partial charge in [0.25, 0.3) is 5.69 Å². The molecule has 0 aliphatic rings. The summed E-state index contributed by atoms with van der Waals surface area (Å²) in [6.07, 6.45) is 1.58. The summed E-state index contributed by atoms with van der Waals surface area (Å²) in [5, 5.41) is 15.7. The fourth-order valence-corrected chi connectivity index (χ4v) is 3.46. The number of hydrogen-bond acceptors (Lipinski definition) is 7. The van der Waals surface area contributed by atoms with E-state index in [1.807, 2.05) is 0 Å².